The fourth-order valence-electron chi connectivity index (χ4n) is 3.57. The summed E-state index contributed by atoms with van der Waals surface area (Å²) >= 11 is 12.7. The van der Waals surface area contributed by atoms with E-state index in [0.29, 0.717) is 27.5 Å². The molecule has 0 radical (unpaired) electrons. The van der Waals surface area contributed by atoms with Crippen molar-refractivity contribution in [2.24, 2.45) is 5.73 Å². The van der Waals surface area contributed by atoms with Crippen molar-refractivity contribution in [3.05, 3.63) is 69.3 Å². The van der Waals surface area contributed by atoms with Gasteiger partial charge in [0.1, 0.15) is 6.61 Å². The number of alkyl halides is 3. The van der Waals surface area contributed by atoms with Gasteiger partial charge in [-0.2, -0.15) is 18.3 Å². The molecule has 1 heterocycles. The van der Waals surface area contributed by atoms with Gasteiger partial charge < -0.3 is 15.8 Å². The molecule has 0 bridgehead atoms. The minimum Gasteiger partial charge on any atom is -0.355 e. The van der Waals surface area contributed by atoms with Gasteiger partial charge in [0.25, 0.3) is 5.91 Å². The van der Waals surface area contributed by atoms with Crippen molar-refractivity contribution < 1.29 is 22.7 Å². The van der Waals surface area contributed by atoms with Crippen molar-refractivity contribution >= 4 is 41.5 Å². The van der Waals surface area contributed by atoms with Crippen LogP contribution in [0.25, 0.3) is 16.9 Å². The molecular formula is C27H28Cl3F3N4O2. The molecule has 3 aromatic rings. The molecule has 0 aliphatic rings. The van der Waals surface area contributed by atoms with E-state index in [1.54, 1.807) is 41.9 Å². The number of nitrogens with one attached hydrogen (secondary N) is 1. The molecule has 39 heavy (non-hydrogen) atoms. The van der Waals surface area contributed by atoms with Crippen LogP contribution in [-0.4, -0.2) is 46.7 Å². The topological polar surface area (TPSA) is 82.2 Å². The molecule has 1 unspecified atom stereocenters. The molecule has 1 amide bonds. The summed E-state index contributed by atoms with van der Waals surface area (Å²) in [5.41, 5.74) is 7.88. The second kappa shape index (κ2) is 13.1. The first-order chi connectivity index (χ1) is 17.7. The van der Waals surface area contributed by atoms with E-state index in [1.807, 2.05) is 32.9 Å². The van der Waals surface area contributed by atoms with Crippen molar-refractivity contribution in [2.45, 2.75) is 45.5 Å². The minimum absolute atomic E-state index is 0. The van der Waals surface area contributed by atoms with Crippen LogP contribution in [0.3, 0.4) is 0 Å². The van der Waals surface area contributed by atoms with Gasteiger partial charge in [-0.1, -0.05) is 47.2 Å². The maximum Gasteiger partial charge on any atom is 0.415 e. The third-order valence-corrected chi connectivity index (χ3v) is 5.84. The maximum absolute atomic E-state index is 13.0. The van der Waals surface area contributed by atoms with E-state index in [9.17, 15) is 18.0 Å². The van der Waals surface area contributed by atoms with Crippen LogP contribution in [0, 0.1) is 18.8 Å². The number of ether oxygens (including phenoxy) is 1. The molecular weight excluding hydrogens is 576 g/mol. The molecule has 0 fully saturated rings. The predicted octanol–water partition coefficient (Wildman–Crippen LogP) is 6.36. The number of halogens is 6. The Labute approximate surface area is 241 Å². The van der Waals surface area contributed by atoms with Gasteiger partial charge in [0, 0.05) is 33.8 Å². The Balaban J connectivity index is 0.00000533. The summed E-state index contributed by atoms with van der Waals surface area (Å²) in [7, 11) is 0. The largest absolute Gasteiger partial charge is 0.415 e. The Morgan fingerprint density at radius 3 is 2.33 bits per heavy atom. The molecule has 210 valence electrons. The normalized spacial score (nSPS) is 12.3. The molecule has 0 saturated carbocycles. The van der Waals surface area contributed by atoms with Crippen LogP contribution in [-0.2, 0) is 4.74 Å². The SMILES string of the molecule is Cc1c(C(=O)NC(C)(C)C)nn(-c2ccc(C#CCOC(CN)C(F)(F)F)cc2Cl)c1-c1ccc(Cl)cc1.Cl. The number of carbonyl (C=O) groups is 1. The maximum atomic E-state index is 13.0. The molecule has 6 nitrogen and oxygen atoms in total. The lowest BCUT2D eigenvalue weighted by molar-refractivity contribution is -0.212. The molecule has 0 aliphatic carbocycles. The monoisotopic (exact) mass is 602 g/mol. The molecule has 0 spiro atoms. The van der Waals surface area contributed by atoms with Crippen LogP contribution in [0.4, 0.5) is 13.2 Å². The van der Waals surface area contributed by atoms with Crippen LogP contribution >= 0.6 is 35.6 Å². The van der Waals surface area contributed by atoms with Crippen LogP contribution < -0.4 is 11.1 Å². The quantitative estimate of drug-likeness (QED) is 0.321. The second-order valence-electron chi connectivity index (χ2n) is 9.49. The van der Waals surface area contributed by atoms with E-state index in [1.165, 1.54) is 0 Å². The standard InChI is InChI=1S/C27H27Cl2F3N4O2.ClH/c1-16-23(25(37)34-26(2,3)4)35-36(24(16)18-8-10-19(28)11-9-18)21-12-7-17(14-20(21)29)6-5-13-38-22(15-33)27(30,31)32;/h7-12,14,22H,13,15,33H2,1-4H3,(H,34,37);1H. The molecule has 1 aromatic heterocycles. The van der Waals surface area contributed by atoms with Crippen molar-refractivity contribution in [3.63, 3.8) is 0 Å². The van der Waals surface area contributed by atoms with E-state index in [0.717, 1.165) is 5.56 Å². The van der Waals surface area contributed by atoms with Crippen molar-refractivity contribution in [1.82, 2.24) is 15.1 Å². The number of hydrogen-bond acceptors (Lipinski definition) is 4. The highest BCUT2D eigenvalue weighted by Crippen LogP contribution is 2.32. The van der Waals surface area contributed by atoms with Gasteiger partial charge in [-0.3, -0.25) is 4.79 Å². The summed E-state index contributed by atoms with van der Waals surface area (Å²) in [5.74, 6) is 4.94. The lowest BCUT2D eigenvalue weighted by atomic mass is 10.0. The molecule has 3 rings (SSSR count). The summed E-state index contributed by atoms with van der Waals surface area (Å²) in [5, 5.41) is 8.35. The van der Waals surface area contributed by atoms with E-state index >= 15 is 0 Å². The Hall–Kier alpha value is -2.74. The summed E-state index contributed by atoms with van der Waals surface area (Å²) in [6.45, 7) is 6.27. The summed E-state index contributed by atoms with van der Waals surface area (Å²) in [6.07, 6.45) is -6.64. The Morgan fingerprint density at radius 2 is 1.79 bits per heavy atom. The van der Waals surface area contributed by atoms with Gasteiger partial charge in [0.05, 0.1) is 16.4 Å². The van der Waals surface area contributed by atoms with Crippen LogP contribution in [0.2, 0.25) is 10.0 Å². The van der Waals surface area contributed by atoms with Gasteiger partial charge in [0.15, 0.2) is 11.8 Å². The average Bonchev–Trinajstić information content (AvgIpc) is 3.14. The summed E-state index contributed by atoms with van der Waals surface area (Å²) in [6, 6.07) is 12.0. The first-order valence-corrected chi connectivity index (χ1v) is 12.3. The first kappa shape index (κ1) is 32.5. The molecule has 0 aliphatic heterocycles. The zero-order valence-corrected chi connectivity index (χ0v) is 23.9. The van der Waals surface area contributed by atoms with E-state index in [-0.39, 0.29) is 29.0 Å². The lowest BCUT2D eigenvalue weighted by Crippen LogP contribution is -2.41. The molecule has 3 N–H and O–H groups in total. The van der Waals surface area contributed by atoms with Crippen molar-refractivity contribution in [2.75, 3.05) is 13.2 Å². The number of hydrogen-bond donors (Lipinski definition) is 2. The van der Waals surface area contributed by atoms with Crippen LogP contribution in [0.1, 0.15) is 42.4 Å². The van der Waals surface area contributed by atoms with E-state index in [2.05, 4.69) is 22.3 Å². The fourth-order valence-corrected chi connectivity index (χ4v) is 3.95. The zero-order valence-electron chi connectivity index (χ0n) is 21.6. The van der Waals surface area contributed by atoms with E-state index in [4.69, 9.17) is 33.7 Å². The third-order valence-electron chi connectivity index (χ3n) is 5.29. The number of benzene rings is 2. The minimum atomic E-state index is -4.56. The van der Waals surface area contributed by atoms with Gasteiger partial charge in [-0.05, 0) is 58.0 Å². The van der Waals surface area contributed by atoms with Gasteiger partial charge in [-0.15, -0.1) is 12.4 Å². The lowest BCUT2D eigenvalue weighted by Gasteiger charge is -2.19. The van der Waals surface area contributed by atoms with Gasteiger partial charge in [-0.25, -0.2) is 4.68 Å². The molecule has 0 saturated heterocycles. The van der Waals surface area contributed by atoms with E-state index < -0.39 is 31.0 Å². The second-order valence-corrected chi connectivity index (χ2v) is 10.3. The number of amides is 1. The first-order valence-electron chi connectivity index (χ1n) is 11.6. The summed E-state index contributed by atoms with van der Waals surface area (Å²) in [4.78, 5) is 13.0. The number of rotatable bonds is 6. The number of carbonyl (C=O) groups excluding carboxylic acids is 1. The van der Waals surface area contributed by atoms with Gasteiger partial charge >= 0.3 is 6.18 Å². The smallest absolute Gasteiger partial charge is 0.355 e. The zero-order chi connectivity index (χ0) is 28.3. The molecule has 2 aromatic carbocycles. The molecule has 12 heteroatoms. The Morgan fingerprint density at radius 1 is 1.15 bits per heavy atom. The highest BCUT2D eigenvalue weighted by atomic mass is 35.5. The van der Waals surface area contributed by atoms with Crippen molar-refractivity contribution in [3.8, 4) is 28.8 Å². The molecule has 1 atom stereocenters. The average molecular weight is 604 g/mol. The number of nitrogens with two attached hydrogens (primary N) is 1. The number of aromatic nitrogens is 2. The highest BCUT2D eigenvalue weighted by molar-refractivity contribution is 6.32. The fraction of sp³-hybridized carbons (Fsp3) is 0.333. The van der Waals surface area contributed by atoms with Gasteiger partial charge in [0.2, 0.25) is 0 Å². The van der Waals surface area contributed by atoms with Crippen LogP contribution in [0.5, 0.6) is 0 Å². The number of nitrogens with zero attached hydrogens (tertiary/aromatic N) is 2. The highest BCUT2D eigenvalue weighted by Gasteiger charge is 2.39. The predicted molar refractivity (Wildman–Crippen MR) is 150 cm³/mol. The third kappa shape index (κ3) is 8.37. The Bertz CT molecular complexity index is 1370. The summed E-state index contributed by atoms with van der Waals surface area (Å²) < 4.78 is 44.6. The van der Waals surface area contributed by atoms with Crippen molar-refractivity contribution in [1.29, 1.82) is 0 Å². The van der Waals surface area contributed by atoms with Crippen LogP contribution in [0.15, 0.2) is 42.5 Å². The Kier molecular flexibility index (Phi) is 10.9.